The lowest BCUT2D eigenvalue weighted by Gasteiger charge is -2.17. The van der Waals surface area contributed by atoms with Gasteiger partial charge in [0, 0.05) is 6.54 Å². The number of rotatable bonds is 7. The highest BCUT2D eigenvalue weighted by molar-refractivity contribution is 7.93. The van der Waals surface area contributed by atoms with Crippen molar-refractivity contribution in [3.8, 4) is 0 Å². The van der Waals surface area contributed by atoms with Crippen LogP contribution in [0.2, 0.25) is 0 Å². The number of carbonyl (C=O) groups is 2. The van der Waals surface area contributed by atoms with Gasteiger partial charge in [-0.1, -0.05) is 50.2 Å². The van der Waals surface area contributed by atoms with Crippen molar-refractivity contribution >= 4 is 21.7 Å². The van der Waals surface area contributed by atoms with Gasteiger partial charge in [-0.3, -0.25) is 0 Å². The monoisotopic (exact) mass is 404 g/mol. The SMILES string of the molecule is CCN(CC)CCN=S(=O)(c1ccccc1)c1ccccc1.O=C([O-])C(=O)[O-]. The van der Waals surface area contributed by atoms with Crippen LogP contribution in [0.4, 0.5) is 0 Å². The van der Waals surface area contributed by atoms with E-state index in [0.717, 1.165) is 29.4 Å². The van der Waals surface area contributed by atoms with Crippen LogP contribution in [0.15, 0.2) is 74.8 Å². The summed E-state index contributed by atoms with van der Waals surface area (Å²) in [6.45, 7) is 7.66. The van der Waals surface area contributed by atoms with Crippen LogP contribution < -0.4 is 10.2 Å². The Morgan fingerprint density at radius 1 is 0.857 bits per heavy atom. The van der Waals surface area contributed by atoms with Gasteiger partial charge in [0.25, 0.3) is 0 Å². The highest BCUT2D eigenvalue weighted by Gasteiger charge is 2.15. The highest BCUT2D eigenvalue weighted by atomic mass is 32.2. The van der Waals surface area contributed by atoms with Crippen molar-refractivity contribution in [1.82, 2.24) is 4.90 Å². The molecule has 0 saturated heterocycles. The number of hydrogen-bond acceptors (Lipinski definition) is 7. The molecular formula is C20H24N2O5S-2. The van der Waals surface area contributed by atoms with Gasteiger partial charge in [0.15, 0.2) is 0 Å². The topological polar surface area (TPSA) is 113 Å². The Labute approximate surface area is 165 Å². The molecule has 0 amide bonds. The summed E-state index contributed by atoms with van der Waals surface area (Å²) in [5.74, 6) is -4.37. The molecule has 0 bridgehead atoms. The van der Waals surface area contributed by atoms with Gasteiger partial charge in [0.05, 0.1) is 28.3 Å². The minimum absolute atomic E-state index is 0.574. The molecule has 0 aliphatic rings. The number of benzene rings is 2. The molecule has 0 heterocycles. The Balaban J connectivity index is 0.000000568. The van der Waals surface area contributed by atoms with Crippen LogP contribution in [0.3, 0.4) is 0 Å². The van der Waals surface area contributed by atoms with Crippen molar-refractivity contribution in [2.24, 2.45) is 4.36 Å². The molecule has 0 fully saturated rings. The second-order valence-electron chi connectivity index (χ2n) is 5.61. The predicted molar refractivity (Wildman–Crippen MR) is 103 cm³/mol. The summed E-state index contributed by atoms with van der Waals surface area (Å²) >= 11 is 0. The van der Waals surface area contributed by atoms with Crippen LogP contribution in [0, 0.1) is 0 Å². The van der Waals surface area contributed by atoms with Gasteiger partial charge >= 0.3 is 0 Å². The van der Waals surface area contributed by atoms with E-state index in [-0.39, 0.29) is 0 Å². The van der Waals surface area contributed by atoms with Crippen molar-refractivity contribution in [2.45, 2.75) is 23.6 Å². The van der Waals surface area contributed by atoms with E-state index >= 15 is 0 Å². The summed E-state index contributed by atoms with van der Waals surface area (Å²) in [4.78, 5) is 21.7. The van der Waals surface area contributed by atoms with Gasteiger partial charge in [-0.05, 0) is 37.4 Å². The van der Waals surface area contributed by atoms with Crippen LogP contribution in [-0.4, -0.2) is 47.2 Å². The molecule has 0 unspecified atom stereocenters. The molecule has 0 saturated carbocycles. The fraction of sp³-hybridized carbons (Fsp3) is 0.300. The number of carbonyl (C=O) groups excluding carboxylic acids is 2. The fourth-order valence-corrected chi connectivity index (χ4v) is 4.31. The number of carboxylic acid groups (broad SMARTS) is 2. The third kappa shape index (κ3) is 7.13. The largest absolute Gasteiger partial charge is 0.543 e. The Morgan fingerprint density at radius 2 is 1.25 bits per heavy atom. The average Bonchev–Trinajstić information content (AvgIpc) is 2.72. The smallest absolute Gasteiger partial charge is 0.104 e. The third-order valence-corrected chi connectivity index (χ3v) is 6.24. The molecule has 2 aromatic rings. The normalized spacial score (nSPS) is 10.7. The zero-order valence-electron chi connectivity index (χ0n) is 15.9. The van der Waals surface area contributed by atoms with E-state index < -0.39 is 21.7 Å². The lowest BCUT2D eigenvalue weighted by atomic mass is 10.4. The first-order chi connectivity index (χ1) is 13.3. The fourth-order valence-electron chi connectivity index (χ4n) is 2.35. The first-order valence-corrected chi connectivity index (χ1v) is 10.3. The minimum atomic E-state index is -2.56. The number of hydrogen-bond donors (Lipinski definition) is 0. The molecule has 0 aromatic heterocycles. The first-order valence-electron chi connectivity index (χ1n) is 8.82. The number of likely N-dealkylation sites (N-methyl/N-ethyl adjacent to an activating group) is 1. The molecular weight excluding hydrogens is 380 g/mol. The van der Waals surface area contributed by atoms with E-state index in [1.165, 1.54) is 0 Å². The van der Waals surface area contributed by atoms with Crippen LogP contribution >= 0.6 is 0 Å². The van der Waals surface area contributed by atoms with Crippen molar-refractivity contribution in [2.75, 3.05) is 26.2 Å². The summed E-state index contributed by atoms with van der Waals surface area (Å²) in [6.07, 6.45) is 0. The van der Waals surface area contributed by atoms with Crippen molar-refractivity contribution in [1.29, 1.82) is 0 Å². The second kappa shape index (κ2) is 11.9. The second-order valence-corrected chi connectivity index (χ2v) is 7.86. The minimum Gasteiger partial charge on any atom is -0.543 e. The molecule has 28 heavy (non-hydrogen) atoms. The summed E-state index contributed by atoms with van der Waals surface area (Å²) in [6, 6.07) is 19.1. The molecule has 0 atom stereocenters. The summed E-state index contributed by atoms with van der Waals surface area (Å²) in [5, 5.41) is 17.9. The summed E-state index contributed by atoms with van der Waals surface area (Å²) < 4.78 is 18.2. The van der Waals surface area contributed by atoms with Crippen LogP contribution in [-0.2, 0) is 19.3 Å². The van der Waals surface area contributed by atoms with Gasteiger partial charge in [-0.2, -0.15) is 0 Å². The Hall–Kier alpha value is -2.71. The standard InChI is InChI=1S/C18H24N2OS.C2H2O4/c1-3-20(4-2)16-15-19-22(21,17-11-7-5-8-12-17)18-13-9-6-10-14-18;3-1(4)2(5)6/h5-14H,3-4,15-16H2,1-2H3;(H,3,4)(H,5,6)/p-2. The zero-order chi connectivity index (χ0) is 21.0. The lowest BCUT2D eigenvalue weighted by Crippen LogP contribution is -2.42. The molecule has 152 valence electrons. The number of carboxylic acids is 2. The van der Waals surface area contributed by atoms with Gasteiger partial charge in [0.1, 0.15) is 9.73 Å². The molecule has 8 heteroatoms. The van der Waals surface area contributed by atoms with Crippen molar-refractivity contribution in [3.63, 3.8) is 0 Å². The van der Waals surface area contributed by atoms with Crippen LogP contribution in [0.25, 0.3) is 0 Å². The van der Waals surface area contributed by atoms with Gasteiger partial charge in [-0.15, -0.1) is 0 Å². The van der Waals surface area contributed by atoms with E-state index in [9.17, 15) is 4.21 Å². The van der Waals surface area contributed by atoms with Crippen LogP contribution in [0.5, 0.6) is 0 Å². The molecule has 0 spiro atoms. The maximum absolute atomic E-state index is 13.6. The first kappa shape index (κ1) is 23.3. The predicted octanol–water partition coefficient (Wildman–Crippen LogP) is 0.401. The number of aliphatic carboxylic acids is 2. The Morgan fingerprint density at radius 3 is 1.57 bits per heavy atom. The molecule has 0 aliphatic carbocycles. The lowest BCUT2D eigenvalue weighted by molar-refractivity contribution is -0.345. The highest BCUT2D eigenvalue weighted by Crippen LogP contribution is 2.23. The molecule has 2 rings (SSSR count). The summed E-state index contributed by atoms with van der Waals surface area (Å²) in [7, 11) is -2.56. The maximum Gasteiger partial charge on any atom is 0.104 e. The number of nitrogens with zero attached hydrogens (tertiary/aromatic N) is 2. The van der Waals surface area contributed by atoms with Crippen molar-refractivity contribution < 1.29 is 24.0 Å². The molecule has 0 N–H and O–H groups in total. The maximum atomic E-state index is 13.6. The quantitative estimate of drug-likeness (QED) is 0.617. The molecule has 0 radical (unpaired) electrons. The third-order valence-electron chi connectivity index (χ3n) is 3.88. The van der Waals surface area contributed by atoms with Crippen LogP contribution in [0.1, 0.15) is 13.8 Å². The van der Waals surface area contributed by atoms with E-state index in [2.05, 4.69) is 23.1 Å². The van der Waals surface area contributed by atoms with E-state index in [0.29, 0.717) is 6.54 Å². The van der Waals surface area contributed by atoms with E-state index in [1.807, 2.05) is 60.7 Å². The van der Waals surface area contributed by atoms with Crippen molar-refractivity contribution in [3.05, 3.63) is 60.7 Å². The zero-order valence-corrected chi connectivity index (χ0v) is 16.8. The molecule has 2 aromatic carbocycles. The summed E-state index contributed by atoms with van der Waals surface area (Å²) in [5.41, 5.74) is 0. The average molecular weight is 404 g/mol. The molecule has 7 nitrogen and oxygen atoms in total. The van der Waals surface area contributed by atoms with Gasteiger partial charge < -0.3 is 24.7 Å². The Kier molecular flexibility index (Phi) is 9.91. The van der Waals surface area contributed by atoms with E-state index in [4.69, 9.17) is 19.8 Å². The van der Waals surface area contributed by atoms with Gasteiger partial charge in [-0.25, -0.2) is 8.57 Å². The van der Waals surface area contributed by atoms with E-state index in [1.54, 1.807) is 0 Å². The Bertz CT molecular complexity index is 801. The van der Waals surface area contributed by atoms with Gasteiger partial charge in [0.2, 0.25) is 0 Å². The molecule has 0 aliphatic heterocycles.